The maximum atomic E-state index is 13.4. The third-order valence-corrected chi connectivity index (χ3v) is 5.74. The Labute approximate surface area is 198 Å². The molecule has 0 fully saturated rings. The van der Waals surface area contributed by atoms with Crippen LogP contribution in [0.25, 0.3) is 5.57 Å². The van der Waals surface area contributed by atoms with Crippen LogP contribution < -0.4 is 15.0 Å². The zero-order chi connectivity index (χ0) is 24.2. The third-order valence-electron chi connectivity index (χ3n) is 5.74. The highest BCUT2D eigenvalue weighted by Gasteiger charge is 2.39. The van der Waals surface area contributed by atoms with Crippen LogP contribution in [0.4, 0.5) is 15.8 Å². The van der Waals surface area contributed by atoms with Gasteiger partial charge in [-0.1, -0.05) is 24.3 Å². The molecular formula is C27H26FN3O3. The van der Waals surface area contributed by atoms with Crippen molar-refractivity contribution in [1.82, 2.24) is 4.90 Å². The number of methoxy groups -OCH3 is 1. The summed E-state index contributed by atoms with van der Waals surface area (Å²) in [6.07, 6.45) is 0.429. The Morgan fingerprint density at radius 3 is 2.12 bits per heavy atom. The van der Waals surface area contributed by atoms with Crippen molar-refractivity contribution in [3.8, 4) is 5.75 Å². The number of amides is 2. The molecule has 6 nitrogen and oxygen atoms in total. The van der Waals surface area contributed by atoms with Gasteiger partial charge in [-0.3, -0.25) is 14.5 Å². The summed E-state index contributed by atoms with van der Waals surface area (Å²) in [6.45, 7) is 0.188. The quantitative estimate of drug-likeness (QED) is 0.508. The average Bonchev–Trinajstić information content (AvgIpc) is 3.08. The van der Waals surface area contributed by atoms with Crippen molar-refractivity contribution in [2.24, 2.45) is 0 Å². The molecule has 0 aliphatic carbocycles. The van der Waals surface area contributed by atoms with Gasteiger partial charge in [0.15, 0.2) is 0 Å². The second-order valence-electron chi connectivity index (χ2n) is 8.18. The number of ether oxygens (including phenoxy) is 1. The van der Waals surface area contributed by atoms with E-state index in [1.165, 1.54) is 17.0 Å². The maximum Gasteiger partial charge on any atom is 0.278 e. The molecule has 2 amide bonds. The summed E-state index contributed by atoms with van der Waals surface area (Å²) >= 11 is 0. The van der Waals surface area contributed by atoms with Crippen molar-refractivity contribution < 1.29 is 18.7 Å². The summed E-state index contributed by atoms with van der Waals surface area (Å²) in [5.74, 6) is -0.435. The zero-order valence-corrected chi connectivity index (χ0v) is 19.3. The van der Waals surface area contributed by atoms with Crippen molar-refractivity contribution in [2.75, 3.05) is 38.0 Å². The highest BCUT2D eigenvalue weighted by molar-refractivity contribution is 6.36. The van der Waals surface area contributed by atoms with Gasteiger partial charge in [0.05, 0.1) is 12.7 Å². The Hall–Kier alpha value is -4.13. The number of imide groups is 1. The zero-order valence-electron chi connectivity index (χ0n) is 19.3. The summed E-state index contributed by atoms with van der Waals surface area (Å²) in [7, 11) is 5.47. The van der Waals surface area contributed by atoms with Crippen molar-refractivity contribution in [3.05, 3.63) is 95.4 Å². The second-order valence-corrected chi connectivity index (χ2v) is 8.18. The standard InChI is InChI=1S/C27H26FN3O3/c1-30(2)22-12-10-21(11-13-22)29-25-24(19-6-14-23(34-3)15-7-19)26(32)31(27(25)33)17-16-18-4-8-20(28)9-5-18/h4-15,29H,16-17H2,1-3H3. The summed E-state index contributed by atoms with van der Waals surface area (Å²) in [5, 5.41) is 3.17. The van der Waals surface area contributed by atoms with Crippen molar-refractivity contribution in [1.29, 1.82) is 0 Å². The predicted octanol–water partition coefficient (Wildman–Crippen LogP) is 4.34. The molecule has 7 heteroatoms. The second kappa shape index (κ2) is 9.79. The van der Waals surface area contributed by atoms with Gasteiger partial charge < -0.3 is 15.0 Å². The van der Waals surface area contributed by atoms with E-state index in [2.05, 4.69) is 5.32 Å². The van der Waals surface area contributed by atoms with E-state index in [9.17, 15) is 14.0 Å². The molecule has 1 N–H and O–H groups in total. The van der Waals surface area contributed by atoms with Crippen molar-refractivity contribution >= 4 is 28.8 Å². The lowest BCUT2D eigenvalue weighted by Gasteiger charge is -2.16. The van der Waals surface area contributed by atoms with E-state index in [1.807, 2.05) is 43.3 Å². The number of hydrogen-bond acceptors (Lipinski definition) is 5. The van der Waals surface area contributed by atoms with Crippen LogP contribution in [0.5, 0.6) is 5.75 Å². The van der Waals surface area contributed by atoms with E-state index in [1.54, 1.807) is 43.5 Å². The predicted molar refractivity (Wildman–Crippen MR) is 131 cm³/mol. The van der Waals surface area contributed by atoms with Crippen molar-refractivity contribution in [2.45, 2.75) is 6.42 Å². The minimum Gasteiger partial charge on any atom is -0.497 e. The number of anilines is 2. The van der Waals surface area contributed by atoms with Crippen LogP contribution in [-0.2, 0) is 16.0 Å². The van der Waals surface area contributed by atoms with Crippen molar-refractivity contribution in [3.63, 3.8) is 0 Å². The highest BCUT2D eigenvalue weighted by Crippen LogP contribution is 2.32. The first kappa shape index (κ1) is 23.0. The van der Waals surface area contributed by atoms with E-state index < -0.39 is 5.91 Å². The van der Waals surface area contributed by atoms with Crippen LogP contribution in [0.3, 0.4) is 0 Å². The first-order valence-electron chi connectivity index (χ1n) is 10.9. The normalized spacial score (nSPS) is 13.5. The highest BCUT2D eigenvalue weighted by atomic mass is 19.1. The summed E-state index contributed by atoms with van der Waals surface area (Å²) < 4.78 is 18.5. The van der Waals surface area contributed by atoms with Gasteiger partial charge in [0.25, 0.3) is 11.8 Å². The number of nitrogens with one attached hydrogen (secondary N) is 1. The number of carbonyl (C=O) groups excluding carboxylic acids is 2. The first-order chi connectivity index (χ1) is 16.4. The molecule has 0 atom stereocenters. The van der Waals surface area contributed by atoms with Crippen LogP contribution in [-0.4, -0.2) is 44.5 Å². The van der Waals surface area contributed by atoms with E-state index in [0.29, 0.717) is 29.0 Å². The van der Waals surface area contributed by atoms with Gasteiger partial charge in [0.2, 0.25) is 0 Å². The van der Waals surface area contributed by atoms with E-state index in [-0.39, 0.29) is 24.0 Å². The topological polar surface area (TPSA) is 61.9 Å². The fraction of sp³-hybridized carbons (Fsp3) is 0.185. The Balaban J connectivity index is 1.64. The number of benzene rings is 3. The van der Waals surface area contributed by atoms with Crippen LogP contribution in [0.1, 0.15) is 11.1 Å². The lowest BCUT2D eigenvalue weighted by Crippen LogP contribution is -2.34. The Kier molecular flexibility index (Phi) is 6.63. The minimum atomic E-state index is -0.394. The molecular weight excluding hydrogens is 433 g/mol. The van der Waals surface area contributed by atoms with Gasteiger partial charge in [-0.2, -0.15) is 0 Å². The maximum absolute atomic E-state index is 13.4. The lowest BCUT2D eigenvalue weighted by molar-refractivity contribution is -0.136. The molecule has 174 valence electrons. The van der Waals surface area contributed by atoms with Crippen LogP contribution in [0.15, 0.2) is 78.5 Å². The van der Waals surface area contributed by atoms with Gasteiger partial charge in [0.1, 0.15) is 17.3 Å². The van der Waals surface area contributed by atoms with E-state index in [4.69, 9.17) is 4.74 Å². The smallest absolute Gasteiger partial charge is 0.278 e. The first-order valence-corrected chi connectivity index (χ1v) is 10.9. The molecule has 34 heavy (non-hydrogen) atoms. The molecule has 0 saturated heterocycles. The van der Waals surface area contributed by atoms with Gasteiger partial charge in [0, 0.05) is 32.0 Å². The Morgan fingerprint density at radius 1 is 0.882 bits per heavy atom. The molecule has 0 radical (unpaired) electrons. The summed E-state index contributed by atoms with van der Waals surface area (Å²) in [4.78, 5) is 30.0. The Morgan fingerprint density at radius 2 is 1.53 bits per heavy atom. The number of rotatable bonds is 8. The van der Waals surface area contributed by atoms with Gasteiger partial charge >= 0.3 is 0 Å². The molecule has 0 bridgehead atoms. The van der Waals surface area contributed by atoms with Gasteiger partial charge in [-0.05, 0) is 66.1 Å². The molecule has 0 unspecified atom stereocenters. The van der Waals surface area contributed by atoms with Crippen LogP contribution in [0.2, 0.25) is 0 Å². The fourth-order valence-electron chi connectivity index (χ4n) is 3.80. The molecule has 0 spiro atoms. The fourth-order valence-corrected chi connectivity index (χ4v) is 3.80. The number of carbonyl (C=O) groups is 2. The molecule has 4 rings (SSSR count). The SMILES string of the molecule is COc1ccc(C2=C(Nc3ccc(N(C)C)cc3)C(=O)N(CCc3ccc(F)cc3)C2=O)cc1. The van der Waals surface area contributed by atoms with E-state index >= 15 is 0 Å². The van der Waals surface area contributed by atoms with Gasteiger partial charge in [-0.15, -0.1) is 0 Å². The average molecular weight is 460 g/mol. The number of nitrogens with zero attached hydrogens (tertiary/aromatic N) is 2. The molecule has 3 aromatic carbocycles. The monoisotopic (exact) mass is 459 g/mol. The number of hydrogen-bond donors (Lipinski definition) is 1. The van der Waals surface area contributed by atoms with Gasteiger partial charge in [-0.25, -0.2) is 4.39 Å². The molecule has 0 aromatic heterocycles. The molecule has 0 saturated carbocycles. The Bertz CT molecular complexity index is 1220. The number of halogens is 1. The largest absolute Gasteiger partial charge is 0.497 e. The summed E-state index contributed by atoms with van der Waals surface area (Å²) in [6, 6.07) is 20.7. The third kappa shape index (κ3) is 4.78. The molecule has 1 aliphatic rings. The summed E-state index contributed by atoms with van der Waals surface area (Å²) in [5.41, 5.74) is 3.72. The van der Waals surface area contributed by atoms with Crippen LogP contribution in [0, 0.1) is 5.82 Å². The lowest BCUT2D eigenvalue weighted by atomic mass is 10.0. The minimum absolute atomic E-state index is 0.188. The van der Waals surface area contributed by atoms with E-state index in [0.717, 1.165) is 11.3 Å². The van der Waals surface area contributed by atoms with Crippen LogP contribution >= 0.6 is 0 Å². The molecule has 1 aliphatic heterocycles. The molecule has 3 aromatic rings. The molecule has 1 heterocycles.